The van der Waals surface area contributed by atoms with Gasteiger partial charge in [-0.25, -0.2) is 9.59 Å². The number of hydrogen-bond acceptors (Lipinski definition) is 3. The van der Waals surface area contributed by atoms with Gasteiger partial charge in [-0.2, -0.15) is 0 Å². The highest BCUT2D eigenvalue weighted by atomic mass is 35.5. The van der Waals surface area contributed by atoms with Crippen molar-refractivity contribution in [1.82, 2.24) is 10.6 Å². The summed E-state index contributed by atoms with van der Waals surface area (Å²) in [6, 6.07) is 3.71. The lowest BCUT2D eigenvalue weighted by Crippen LogP contribution is -2.45. The lowest BCUT2D eigenvalue weighted by Gasteiger charge is -2.15. The molecule has 0 radical (unpaired) electrons. The highest BCUT2D eigenvalue weighted by Crippen LogP contribution is 2.25. The SMILES string of the molecule is CCC[C@@H](NC(=O)NCc1c(Cl)cccc1OC)C(=O)O. The second kappa shape index (κ2) is 8.36. The van der Waals surface area contributed by atoms with E-state index in [1.54, 1.807) is 18.2 Å². The third-order valence-electron chi connectivity index (χ3n) is 2.90. The molecule has 0 bridgehead atoms. The average molecular weight is 315 g/mol. The van der Waals surface area contributed by atoms with E-state index < -0.39 is 18.0 Å². The van der Waals surface area contributed by atoms with Crippen LogP contribution in [0.4, 0.5) is 4.79 Å². The molecule has 1 aromatic rings. The monoisotopic (exact) mass is 314 g/mol. The van der Waals surface area contributed by atoms with E-state index >= 15 is 0 Å². The van der Waals surface area contributed by atoms with Crippen LogP contribution in [0.3, 0.4) is 0 Å². The van der Waals surface area contributed by atoms with Crippen molar-refractivity contribution in [3.63, 3.8) is 0 Å². The molecule has 0 fully saturated rings. The Morgan fingerprint density at radius 2 is 2.14 bits per heavy atom. The van der Waals surface area contributed by atoms with Gasteiger partial charge >= 0.3 is 12.0 Å². The zero-order valence-corrected chi connectivity index (χ0v) is 12.7. The smallest absolute Gasteiger partial charge is 0.326 e. The summed E-state index contributed by atoms with van der Waals surface area (Å²) in [7, 11) is 1.51. The zero-order valence-electron chi connectivity index (χ0n) is 12.0. The molecule has 7 heteroatoms. The quantitative estimate of drug-likeness (QED) is 0.721. The molecule has 0 heterocycles. The van der Waals surface area contributed by atoms with Gasteiger partial charge in [0.15, 0.2) is 0 Å². The number of urea groups is 1. The Kier molecular flexibility index (Phi) is 6.81. The summed E-state index contributed by atoms with van der Waals surface area (Å²) in [5, 5.41) is 14.4. The maximum Gasteiger partial charge on any atom is 0.326 e. The molecule has 3 N–H and O–H groups in total. The lowest BCUT2D eigenvalue weighted by atomic mass is 10.2. The number of carbonyl (C=O) groups excluding carboxylic acids is 1. The van der Waals surface area contributed by atoms with Crippen LogP contribution in [-0.4, -0.2) is 30.3 Å². The van der Waals surface area contributed by atoms with E-state index in [1.807, 2.05) is 6.92 Å². The van der Waals surface area contributed by atoms with Crippen LogP contribution in [0.1, 0.15) is 25.3 Å². The number of halogens is 1. The Hall–Kier alpha value is -1.95. The molecule has 0 saturated heterocycles. The molecule has 0 saturated carbocycles. The number of benzene rings is 1. The van der Waals surface area contributed by atoms with Crippen molar-refractivity contribution in [2.45, 2.75) is 32.4 Å². The summed E-state index contributed by atoms with van der Waals surface area (Å²) in [6.07, 6.45) is 1.04. The fourth-order valence-electron chi connectivity index (χ4n) is 1.83. The Balaban J connectivity index is 2.63. The summed E-state index contributed by atoms with van der Waals surface area (Å²) in [4.78, 5) is 22.7. The van der Waals surface area contributed by atoms with Crippen molar-refractivity contribution < 1.29 is 19.4 Å². The fraction of sp³-hybridized carbons (Fsp3) is 0.429. The van der Waals surface area contributed by atoms with Gasteiger partial charge in [0.1, 0.15) is 11.8 Å². The minimum atomic E-state index is -1.05. The molecule has 6 nitrogen and oxygen atoms in total. The first-order valence-electron chi connectivity index (χ1n) is 6.58. The highest BCUT2D eigenvalue weighted by molar-refractivity contribution is 6.31. The molecule has 1 aromatic carbocycles. The molecule has 0 spiro atoms. The molecule has 1 rings (SSSR count). The lowest BCUT2D eigenvalue weighted by molar-refractivity contribution is -0.139. The maximum atomic E-state index is 11.7. The standard InChI is InChI=1S/C14H19ClN2O4/c1-3-5-11(13(18)19)17-14(20)16-8-9-10(15)6-4-7-12(9)21-2/h4,6-7,11H,3,5,8H2,1-2H3,(H,18,19)(H2,16,17,20)/t11-/m1/s1. The van der Waals surface area contributed by atoms with Gasteiger partial charge in [0.2, 0.25) is 0 Å². The van der Waals surface area contributed by atoms with Gasteiger partial charge < -0.3 is 20.5 Å². The van der Waals surface area contributed by atoms with Crippen LogP contribution >= 0.6 is 11.6 Å². The minimum Gasteiger partial charge on any atom is -0.496 e. The number of carbonyl (C=O) groups is 2. The van der Waals surface area contributed by atoms with E-state index in [-0.39, 0.29) is 6.54 Å². The highest BCUT2D eigenvalue weighted by Gasteiger charge is 2.19. The van der Waals surface area contributed by atoms with Gasteiger partial charge in [-0.1, -0.05) is 31.0 Å². The molecule has 1 atom stereocenters. The van der Waals surface area contributed by atoms with Crippen molar-refractivity contribution in [1.29, 1.82) is 0 Å². The average Bonchev–Trinajstić information content (AvgIpc) is 2.45. The molecule has 21 heavy (non-hydrogen) atoms. The molecular weight excluding hydrogens is 296 g/mol. The van der Waals surface area contributed by atoms with Crippen LogP contribution in [0.2, 0.25) is 5.02 Å². The summed E-state index contributed by atoms with van der Waals surface area (Å²) >= 11 is 6.05. The molecule has 0 aliphatic rings. The fourth-order valence-corrected chi connectivity index (χ4v) is 2.06. The molecule has 0 aromatic heterocycles. The summed E-state index contributed by atoms with van der Waals surface area (Å²) < 4.78 is 5.17. The molecule has 0 unspecified atom stereocenters. The van der Waals surface area contributed by atoms with Crippen LogP contribution in [0, 0.1) is 0 Å². The predicted octanol–water partition coefficient (Wildman–Crippen LogP) is 2.40. The van der Waals surface area contributed by atoms with Crippen LogP contribution in [-0.2, 0) is 11.3 Å². The molecule has 0 aliphatic heterocycles. The minimum absolute atomic E-state index is 0.146. The molecule has 2 amide bonds. The topological polar surface area (TPSA) is 87.7 Å². The second-order valence-corrected chi connectivity index (χ2v) is 4.83. The largest absolute Gasteiger partial charge is 0.496 e. The van der Waals surface area contributed by atoms with Crippen molar-refractivity contribution in [2.24, 2.45) is 0 Å². The van der Waals surface area contributed by atoms with Gasteiger partial charge in [-0.05, 0) is 18.6 Å². The van der Waals surface area contributed by atoms with E-state index in [0.717, 1.165) is 0 Å². The van der Waals surface area contributed by atoms with Gasteiger partial charge in [-0.15, -0.1) is 0 Å². The van der Waals surface area contributed by atoms with E-state index in [4.69, 9.17) is 21.4 Å². The van der Waals surface area contributed by atoms with Crippen molar-refractivity contribution in [2.75, 3.05) is 7.11 Å². The Labute approximate surface area is 128 Å². The number of ether oxygens (including phenoxy) is 1. The first kappa shape index (κ1) is 17.1. The van der Waals surface area contributed by atoms with Gasteiger partial charge in [0.25, 0.3) is 0 Å². The maximum absolute atomic E-state index is 11.7. The van der Waals surface area contributed by atoms with E-state index in [1.165, 1.54) is 7.11 Å². The van der Waals surface area contributed by atoms with Crippen LogP contribution < -0.4 is 15.4 Å². The summed E-state index contributed by atoms with van der Waals surface area (Å²) in [5.41, 5.74) is 0.638. The normalized spacial score (nSPS) is 11.6. The third kappa shape index (κ3) is 5.15. The number of methoxy groups -OCH3 is 1. The second-order valence-electron chi connectivity index (χ2n) is 4.43. The van der Waals surface area contributed by atoms with Crippen molar-refractivity contribution in [3.8, 4) is 5.75 Å². The predicted molar refractivity (Wildman–Crippen MR) is 79.7 cm³/mol. The Morgan fingerprint density at radius 3 is 2.71 bits per heavy atom. The Bertz CT molecular complexity index is 508. The van der Waals surface area contributed by atoms with E-state index in [9.17, 15) is 9.59 Å². The van der Waals surface area contributed by atoms with Gasteiger partial charge in [0.05, 0.1) is 7.11 Å². The van der Waals surface area contributed by atoms with E-state index in [2.05, 4.69) is 10.6 Å². The number of carboxylic acid groups (broad SMARTS) is 1. The first-order valence-corrected chi connectivity index (χ1v) is 6.96. The summed E-state index contributed by atoms with van der Waals surface area (Å²) in [5.74, 6) is -0.492. The zero-order chi connectivity index (χ0) is 15.8. The van der Waals surface area contributed by atoms with Crippen molar-refractivity contribution in [3.05, 3.63) is 28.8 Å². The molecular formula is C14H19ClN2O4. The first-order chi connectivity index (χ1) is 9.99. The van der Waals surface area contributed by atoms with Crippen LogP contribution in [0.15, 0.2) is 18.2 Å². The molecule has 0 aliphatic carbocycles. The van der Waals surface area contributed by atoms with E-state index in [0.29, 0.717) is 29.2 Å². The number of aliphatic carboxylic acids is 1. The van der Waals surface area contributed by atoms with Crippen molar-refractivity contribution >= 4 is 23.6 Å². The number of hydrogen-bond donors (Lipinski definition) is 3. The van der Waals surface area contributed by atoms with Crippen LogP contribution in [0.25, 0.3) is 0 Å². The number of carboxylic acids is 1. The van der Waals surface area contributed by atoms with Gasteiger partial charge in [0, 0.05) is 17.1 Å². The number of rotatable bonds is 7. The number of nitrogens with one attached hydrogen (secondary N) is 2. The third-order valence-corrected chi connectivity index (χ3v) is 3.26. The Morgan fingerprint density at radius 1 is 1.43 bits per heavy atom. The van der Waals surface area contributed by atoms with Gasteiger partial charge in [-0.3, -0.25) is 0 Å². The van der Waals surface area contributed by atoms with Crippen LogP contribution in [0.5, 0.6) is 5.75 Å². The number of amides is 2. The molecule has 116 valence electrons. The summed E-state index contributed by atoms with van der Waals surface area (Å²) in [6.45, 7) is 2.00.